The van der Waals surface area contributed by atoms with Gasteiger partial charge < -0.3 is 9.84 Å². The van der Waals surface area contributed by atoms with Crippen LogP contribution in [0.4, 0.5) is 0 Å². The SMILES string of the molecule is C=C(C(=O)O)[C@@H]1COC(C)(C)OO1. The van der Waals surface area contributed by atoms with Gasteiger partial charge in [-0.1, -0.05) is 6.58 Å². The fraction of sp³-hybridized carbons (Fsp3) is 0.625. The lowest BCUT2D eigenvalue weighted by Gasteiger charge is -2.33. The van der Waals surface area contributed by atoms with E-state index in [0.29, 0.717) is 0 Å². The van der Waals surface area contributed by atoms with Gasteiger partial charge in [-0.2, -0.15) is 0 Å². The lowest BCUT2D eigenvalue weighted by molar-refractivity contribution is -0.470. The molecule has 0 aromatic carbocycles. The van der Waals surface area contributed by atoms with Crippen molar-refractivity contribution < 1.29 is 24.4 Å². The Morgan fingerprint density at radius 3 is 2.62 bits per heavy atom. The van der Waals surface area contributed by atoms with Crippen molar-refractivity contribution in [3.8, 4) is 0 Å². The summed E-state index contributed by atoms with van der Waals surface area (Å²) in [7, 11) is 0. The Morgan fingerprint density at radius 1 is 1.62 bits per heavy atom. The van der Waals surface area contributed by atoms with Crippen molar-refractivity contribution in [3.63, 3.8) is 0 Å². The molecule has 1 aliphatic rings. The molecule has 0 aromatic heterocycles. The number of carboxylic acids is 1. The summed E-state index contributed by atoms with van der Waals surface area (Å²) in [5, 5.41) is 8.57. The number of rotatable bonds is 2. The van der Waals surface area contributed by atoms with E-state index in [1.165, 1.54) is 0 Å². The molecule has 5 heteroatoms. The quantitative estimate of drug-likeness (QED) is 0.510. The average molecular weight is 188 g/mol. The predicted octanol–water partition coefficient (Wildman–Crippen LogP) is 0.710. The molecule has 5 nitrogen and oxygen atoms in total. The summed E-state index contributed by atoms with van der Waals surface area (Å²) in [4.78, 5) is 20.1. The first-order chi connectivity index (χ1) is 5.92. The van der Waals surface area contributed by atoms with Crippen molar-refractivity contribution in [1.29, 1.82) is 0 Å². The minimum Gasteiger partial charge on any atom is -0.478 e. The third-order valence-electron chi connectivity index (χ3n) is 1.61. The van der Waals surface area contributed by atoms with Gasteiger partial charge >= 0.3 is 5.97 Å². The first kappa shape index (κ1) is 10.2. The molecule has 1 N–H and O–H groups in total. The number of hydrogen-bond acceptors (Lipinski definition) is 4. The molecule has 0 unspecified atom stereocenters. The van der Waals surface area contributed by atoms with E-state index in [9.17, 15) is 4.79 Å². The molecule has 0 aromatic rings. The summed E-state index contributed by atoms with van der Waals surface area (Å²) in [5.74, 6) is -1.94. The van der Waals surface area contributed by atoms with Gasteiger partial charge in [0.25, 0.3) is 0 Å². The molecular weight excluding hydrogens is 176 g/mol. The zero-order valence-electron chi connectivity index (χ0n) is 7.57. The summed E-state index contributed by atoms with van der Waals surface area (Å²) < 4.78 is 5.18. The number of aliphatic carboxylic acids is 1. The Morgan fingerprint density at radius 2 is 2.23 bits per heavy atom. The van der Waals surface area contributed by atoms with Gasteiger partial charge in [0.1, 0.15) is 6.10 Å². The van der Waals surface area contributed by atoms with Crippen LogP contribution < -0.4 is 0 Å². The van der Waals surface area contributed by atoms with E-state index in [-0.39, 0.29) is 12.2 Å². The molecule has 1 atom stereocenters. The van der Waals surface area contributed by atoms with Crippen LogP contribution in [0, 0.1) is 0 Å². The van der Waals surface area contributed by atoms with Crippen molar-refractivity contribution in [1.82, 2.24) is 0 Å². The maximum Gasteiger partial charge on any atom is 0.333 e. The predicted molar refractivity (Wildman–Crippen MR) is 42.8 cm³/mol. The van der Waals surface area contributed by atoms with Crippen LogP contribution >= 0.6 is 0 Å². The number of carbonyl (C=O) groups is 1. The molecule has 1 aliphatic heterocycles. The normalized spacial score (nSPS) is 26.8. The van der Waals surface area contributed by atoms with Gasteiger partial charge in [0, 0.05) is 0 Å². The van der Waals surface area contributed by atoms with E-state index in [0.717, 1.165) is 0 Å². The molecular formula is C8H12O5. The average Bonchev–Trinajstić information content (AvgIpc) is 2.03. The summed E-state index contributed by atoms with van der Waals surface area (Å²) in [6.07, 6.45) is -0.731. The second-order valence-corrected chi connectivity index (χ2v) is 3.21. The zero-order valence-corrected chi connectivity index (χ0v) is 7.57. The molecule has 1 fully saturated rings. The second kappa shape index (κ2) is 3.45. The summed E-state index contributed by atoms with van der Waals surface area (Å²) >= 11 is 0. The smallest absolute Gasteiger partial charge is 0.333 e. The lowest BCUT2D eigenvalue weighted by atomic mass is 10.2. The molecule has 1 heterocycles. The van der Waals surface area contributed by atoms with Crippen molar-refractivity contribution in [2.75, 3.05) is 6.61 Å². The Labute approximate surface area is 75.8 Å². The fourth-order valence-corrected chi connectivity index (χ4v) is 0.799. The van der Waals surface area contributed by atoms with Crippen LogP contribution in [0.1, 0.15) is 13.8 Å². The minimum absolute atomic E-state index is 0.0736. The van der Waals surface area contributed by atoms with Crippen LogP contribution in [0.5, 0.6) is 0 Å². The van der Waals surface area contributed by atoms with E-state index in [2.05, 4.69) is 6.58 Å². The largest absolute Gasteiger partial charge is 0.478 e. The monoisotopic (exact) mass is 188 g/mol. The topological polar surface area (TPSA) is 65.0 Å². The van der Waals surface area contributed by atoms with E-state index in [1.54, 1.807) is 13.8 Å². The first-order valence-electron chi connectivity index (χ1n) is 3.83. The van der Waals surface area contributed by atoms with E-state index >= 15 is 0 Å². The molecule has 0 aliphatic carbocycles. The maximum absolute atomic E-state index is 10.5. The molecule has 0 saturated carbocycles. The van der Waals surface area contributed by atoms with Crippen molar-refractivity contribution >= 4 is 5.97 Å². The molecule has 1 rings (SSSR count). The standard InChI is InChI=1S/C8H12O5/c1-5(7(9)10)6-4-11-8(2,3)13-12-6/h6H,1,4H2,2-3H3,(H,9,10)/t6-/m0/s1. The van der Waals surface area contributed by atoms with E-state index in [1.807, 2.05) is 0 Å². The van der Waals surface area contributed by atoms with Gasteiger partial charge in [0.15, 0.2) is 5.79 Å². The first-order valence-corrected chi connectivity index (χ1v) is 3.83. The molecule has 0 radical (unpaired) electrons. The lowest BCUT2D eigenvalue weighted by Crippen LogP contribution is -2.42. The molecule has 0 amide bonds. The maximum atomic E-state index is 10.5. The van der Waals surface area contributed by atoms with Gasteiger partial charge in [-0.05, 0) is 13.8 Å². The van der Waals surface area contributed by atoms with E-state index < -0.39 is 17.9 Å². The van der Waals surface area contributed by atoms with Gasteiger partial charge in [0.05, 0.1) is 12.2 Å². The molecule has 0 bridgehead atoms. The van der Waals surface area contributed by atoms with Crippen LogP contribution in [-0.4, -0.2) is 29.6 Å². The highest BCUT2D eigenvalue weighted by Crippen LogP contribution is 2.22. The third-order valence-corrected chi connectivity index (χ3v) is 1.61. The van der Waals surface area contributed by atoms with Crippen LogP contribution in [0.25, 0.3) is 0 Å². The fourth-order valence-electron chi connectivity index (χ4n) is 0.799. The summed E-state index contributed by atoms with van der Waals surface area (Å²) in [6.45, 7) is 6.82. The van der Waals surface area contributed by atoms with E-state index in [4.69, 9.17) is 19.6 Å². The van der Waals surface area contributed by atoms with Crippen molar-refractivity contribution in [3.05, 3.63) is 12.2 Å². The summed E-state index contributed by atoms with van der Waals surface area (Å²) in [5.41, 5.74) is -0.0736. The Balaban J connectivity index is 2.50. The van der Waals surface area contributed by atoms with Gasteiger partial charge in [-0.25, -0.2) is 14.6 Å². The van der Waals surface area contributed by atoms with Gasteiger partial charge in [-0.15, -0.1) is 0 Å². The molecule has 1 saturated heterocycles. The highest BCUT2D eigenvalue weighted by atomic mass is 17.2. The molecule has 74 valence electrons. The highest BCUT2D eigenvalue weighted by molar-refractivity contribution is 5.86. The summed E-state index contributed by atoms with van der Waals surface area (Å²) in [6, 6.07) is 0. The molecule has 13 heavy (non-hydrogen) atoms. The van der Waals surface area contributed by atoms with Crippen LogP contribution in [0.2, 0.25) is 0 Å². The Bertz CT molecular complexity index is 223. The molecule has 0 spiro atoms. The van der Waals surface area contributed by atoms with Crippen molar-refractivity contribution in [2.24, 2.45) is 0 Å². The van der Waals surface area contributed by atoms with Crippen molar-refractivity contribution in [2.45, 2.75) is 25.7 Å². The highest BCUT2D eigenvalue weighted by Gasteiger charge is 2.33. The minimum atomic E-state index is -1.11. The second-order valence-electron chi connectivity index (χ2n) is 3.21. The number of ether oxygens (including phenoxy) is 1. The van der Waals surface area contributed by atoms with Crippen LogP contribution in [-0.2, 0) is 19.3 Å². The zero-order chi connectivity index (χ0) is 10.1. The number of carboxylic acid groups (broad SMARTS) is 1. The van der Waals surface area contributed by atoms with Crippen LogP contribution in [0.15, 0.2) is 12.2 Å². The Hall–Kier alpha value is -0.910. The Kier molecular flexibility index (Phi) is 2.70. The van der Waals surface area contributed by atoms with Gasteiger partial charge in [-0.3, -0.25) is 0 Å². The van der Waals surface area contributed by atoms with Gasteiger partial charge in [0.2, 0.25) is 0 Å². The van der Waals surface area contributed by atoms with Crippen LogP contribution in [0.3, 0.4) is 0 Å². The third kappa shape index (κ3) is 2.51. The number of hydrogen-bond donors (Lipinski definition) is 1.